The van der Waals surface area contributed by atoms with Crippen molar-refractivity contribution in [2.45, 2.75) is 56.9 Å². The van der Waals surface area contributed by atoms with Crippen LogP contribution >= 0.6 is 22.9 Å². The molecule has 2 aliphatic carbocycles. The lowest BCUT2D eigenvalue weighted by molar-refractivity contribution is -0.117. The number of hydrogen-bond donors (Lipinski definition) is 2. The van der Waals surface area contributed by atoms with Crippen LogP contribution in [0.1, 0.15) is 82.7 Å². The molecule has 3 aromatic heterocycles. The Labute approximate surface area is 199 Å². The number of halogens is 5. The first-order valence-electron chi connectivity index (χ1n) is 10.5. The predicted octanol–water partition coefficient (Wildman–Crippen LogP) is 5.51. The number of anilines is 1. The zero-order valence-electron chi connectivity index (χ0n) is 17.5. The highest BCUT2D eigenvalue weighted by Gasteiger charge is 2.35. The lowest BCUT2D eigenvalue weighted by Gasteiger charge is -2.11. The van der Waals surface area contributed by atoms with Gasteiger partial charge in [-0.25, -0.2) is 22.5 Å². The van der Waals surface area contributed by atoms with E-state index in [1.165, 1.54) is 6.07 Å². The van der Waals surface area contributed by atoms with Crippen molar-refractivity contribution in [3.05, 3.63) is 38.6 Å². The Kier molecular flexibility index (Phi) is 5.75. The maximum atomic E-state index is 13.4. The molecule has 3 heterocycles. The van der Waals surface area contributed by atoms with Crippen LogP contribution in [0.2, 0.25) is 5.02 Å². The van der Waals surface area contributed by atoms with E-state index >= 15 is 0 Å². The van der Waals surface area contributed by atoms with Gasteiger partial charge in [-0.2, -0.15) is 5.10 Å². The number of hydrogen-bond acceptors (Lipinski definition) is 5. The van der Waals surface area contributed by atoms with Gasteiger partial charge < -0.3 is 11.1 Å². The van der Waals surface area contributed by atoms with Crippen LogP contribution in [-0.2, 0) is 11.3 Å². The molecular formula is C21H18ClF4N5O2S. The molecule has 0 radical (unpaired) electrons. The fourth-order valence-corrected chi connectivity index (χ4v) is 5.46. The van der Waals surface area contributed by atoms with Crippen LogP contribution in [0.3, 0.4) is 0 Å². The Balaban J connectivity index is 1.53. The minimum Gasteiger partial charge on any atom is -0.365 e. The molecule has 0 spiro atoms. The van der Waals surface area contributed by atoms with Crippen molar-refractivity contribution in [3.8, 4) is 0 Å². The quantitative estimate of drug-likeness (QED) is 0.386. The van der Waals surface area contributed by atoms with Crippen molar-refractivity contribution >= 4 is 50.7 Å². The van der Waals surface area contributed by atoms with E-state index in [-0.39, 0.29) is 32.3 Å². The third-order valence-corrected chi connectivity index (χ3v) is 7.35. The smallest absolute Gasteiger partial charge is 0.283 e. The zero-order chi connectivity index (χ0) is 24.3. The minimum absolute atomic E-state index is 0.00831. The summed E-state index contributed by atoms with van der Waals surface area (Å²) in [5.41, 5.74) is 5.53. The SMILES string of the molecule is NC(=O)c1sc2nc(C(F)F)cc(C3CC3)c2c1NC(=O)Cn1nc(C(F)F)c(Cl)c1C1CC1. The fraction of sp³-hybridized carbons (Fsp3) is 0.429. The van der Waals surface area contributed by atoms with Gasteiger partial charge >= 0.3 is 0 Å². The second kappa shape index (κ2) is 8.49. The monoisotopic (exact) mass is 515 g/mol. The number of nitrogens with zero attached hydrogens (tertiary/aromatic N) is 3. The van der Waals surface area contributed by atoms with Crippen molar-refractivity contribution in [2.75, 3.05) is 5.32 Å². The maximum absolute atomic E-state index is 13.4. The van der Waals surface area contributed by atoms with Crippen molar-refractivity contribution in [3.63, 3.8) is 0 Å². The van der Waals surface area contributed by atoms with E-state index in [2.05, 4.69) is 15.4 Å². The number of primary amides is 1. The molecule has 3 aromatic rings. The lowest BCUT2D eigenvalue weighted by Crippen LogP contribution is -2.22. The highest BCUT2D eigenvalue weighted by atomic mass is 35.5. The summed E-state index contributed by atoms with van der Waals surface area (Å²) in [7, 11) is 0. The summed E-state index contributed by atoms with van der Waals surface area (Å²) >= 11 is 6.93. The van der Waals surface area contributed by atoms with Crippen LogP contribution < -0.4 is 11.1 Å². The standard InChI is InChI=1S/C21H18ClF4N5O2S/c22-13-15(19(25)26)30-31(16(13)8-3-4-8)6-11(32)29-14-12-9(7-1-2-7)5-10(18(23)24)28-21(12)34-17(14)20(27)33/h5,7-8,18-19H,1-4,6H2,(H2,27,33)(H,29,32). The van der Waals surface area contributed by atoms with Gasteiger partial charge in [0.1, 0.15) is 27.6 Å². The van der Waals surface area contributed by atoms with Crippen LogP contribution in [-0.4, -0.2) is 26.6 Å². The van der Waals surface area contributed by atoms with E-state index in [9.17, 15) is 27.2 Å². The molecule has 5 rings (SSSR count). The lowest BCUT2D eigenvalue weighted by atomic mass is 10.0. The Morgan fingerprint density at radius 2 is 1.85 bits per heavy atom. The molecule has 2 amide bonds. The van der Waals surface area contributed by atoms with Gasteiger partial charge in [0.15, 0.2) is 0 Å². The van der Waals surface area contributed by atoms with Gasteiger partial charge in [0.2, 0.25) is 5.91 Å². The Morgan fingerprint density at radius 3 is 2.41 bits per heavy atom. The van der Waals surface area contributed by atoms with Crippen LogP contribution in [0.5, 0.6) is 0 Å². The topological polar surface area (TPSA) is 103 Å². The van der Waals surface area contributed by atoms with E-state index in [1.807, 2.05) is 0 Å². The van der Waals surface area contributed by atoms with Gasteiger partial charge in [0.25, 0.3) is 18.8 Å². The number of carbonyl (C=O) groups excluding carboxylic acids is 2. The van der Waals surface area contributed by atoms with Gasteiger partial charge in [-0.15, -0.1) is 11.3 Å². The van der Waals surface area contributed by atoms with Gasteiger partial charge in [0, 0.05) is 11.3 Å². The number of fused-ring (bicyclic) bond motifs is 1. The van der Waals surface area contributed by atoms with Crippen molar-refractivity contribution < 1.29 is 27.2 Å². The molecule has 0 atom stereocenters. The molecule has 2 saturated carbocycles. The summed E-state index contributed by atoms with van der Waals surface area (Å²) in [4.78, 5) is 29.2. The highest BCUT2D eigenvalue weighted by Crippen LogP contribution is 2.49. The second-order valence-electron chi connectivity index (χ2n) is 8.43. The number of nitrogens with one attached hydrogen (secondary N) is 1. The Bertz CT molecular complexity index is 1320. The molecule has 2 aliphatic rings. The number of amides is 2. The summed E-state index contributed by atoms with van der Waals surface area (Å²) in [6.45, 7) is -0.422. The number of rotatable bonds is 8. The van der Waals surface area contributed by atoms with Crippen LogP contribution in [0.25, 0.3) is 10.2 Å². The van der Waals surface area contributed by atoms with Gasteiger partial charge in [-0.3, -0.25) is 14.3 Å². The molecular weight excluding hydrogens is 498 g/mol. The first-order valence-corrected chi connectivity index (χ1v) is 11.7. The van der Waals surface area contributed by atoms with Gasteiger partial charge in [-0.05, 0) is 43.2 Å². The molecule has 0 aliphatic heterocycles. The minimum atomic E-state index is -2.90. The predicted molar refractivity (Wildman–Crippen MR) is 118 cm³/mol. The number of carbonyl (C=O) groups is 2. The number of thiophene rings is 1. The molecule has 7 nitrogen and oxygen atoms in total. The zero-order valence-corrected chi connectivity index (χ0v) is 19.0. The molecule has 13 heteroatoms. The van der Waals surface area contributed by atoms with Gasteiger partial charge in [0.05, 0.1) is 16.4 Å². The summed E-state index contributed by atoms with van der Waals surface area (Å²) in [5.74, 6) is -1.54. The van der Waals surface area contributed by atoms with E-state index < -0.39 is 42.6 Å². The van der Waals surface area contributed by atoms with E-state index in [0.717, 1.165) is 41.7 Å². The van der Waals surface area contributed by atoms with Gasteiger partial charge in [-0.1, -0.05) is 11.6 Å². The van der Waals surface area contributed by atoms with E-state index in [4.69, 9.17) is 17.3 Å². The van der Waals surface area contributed by atoms with E-state index in [0.29, 0.717) is 16.6 Å². The molecule has 0 saturated heterocycles. The molecule has 34 heavy (non-hydrogen) atoms. The van der Waals surface area contributed by atoms with Crippen molar-refractivity contribution in [1.29, 1.82) is 0 Å². The van der Waals surface area contributed by atoms with E-state index in [1.54, 1.807) is 0 Å². The van der Waals surface area contributed by atoms with Crippen molar-refractivity contribution in [1.82, 2.24) is 14.8 Å². The highest BCUT2D eigenvalue weighted by molar-refractivity contribution is 7.21. The average molecular weight is 516 g/mol. The summed E-state index contributed by atoms with van der Waals surface area (Å²) < 4.78 is 54.5. The first kappa shape index (κ1) is 23.0. The summed E-state index contributed by atoms with van der Waals surface area (Å²) in [6.07, 6.45) is -2.63. The van der Waals surface area contributed by atoms with Crippen molar-refractivity contribution in [2.24, 2.45) is 5.73 Å². The van der Waals surface area contributed by atoms with Crippen LogP contribution in [0, 0.1) is 0 Å². The fourth-order valence-electron chi connectivity index (χ4n) is 4.06. The second-order valence-corrected chi connectivity index (χ2v) is 9.80. The molecule has 180 valence electrons. The first-order chi connectivity index (χ1) is 16.2. The third-order valence-electron chi connectivity index (χ3n) is 5.86. The maximum Gasteiger partial charge on any atom is 0.283 e. The number of pyridine rings is 1. The van der Waals surface area contributed by atoms with Crippen LogP contribution in [0.15, 0.2) is 6.07 Å². The third kappa shape index (κ3) is 4.13. The van der Waals surface area contributed by atoms with Crippen LogP contribution in [0.4, 0.5) is 23.2 Å². The summed E-state index contributed by atoms with van der Waals surface area (Å²) in [6, 6.07) is 1.30. The molecule has 0 bridgehead atoms. The Hall–Kier alpha value is -2.73. The molecule has 3 N–H and O–H groups in total. The average Bonchev–Trinajstić information content (AvgIpc) is 3.69. The number of nitrogens with two attached hydrogens (primary N) is 1. The molecule has 0 aromatic carbocycles. The summed E-state index contributed by atoms with van der Waals surface area (Å²) in [5, 5.41) is 6.71. The number of aromatic nitrogens is 3. The molecule has 0 unspecified atom stereocenters. The number of alkyl halides is 4. The Morgan fingerprint density at radius 1 is 1.18 bits per heavy atom. The largest absolute Gasteiger partial charge is 0.365 e. The molecule has 2 fully saturated rings. The normalized spacial score (nSPS) is 16.1.